The van der Waals surface area contributed by atoms with Crippen LogP contribution in [0.4, 0.5) is 4.79 Å². The molecule has 2 rings (SSSR count). The largest absolute Gasteiger partial charge is 0.338 e. The summed E-state index contributed by atoms with van der Waals surface area (Å²) in [5.41, 5.74) is 1.09. The minimum Gasteiger partial charge on any atom is -0.338 e. The van der Waals surface area contributed by atoms with Gasteiger partial charge in [-0.3, -0.25) is 0 Å². The number of nitrogens with one attached hydrogen (secondary N) is 1. The summed E-state index contributed by atoms with van der Waals surface area (Å²) in [5, 5.41) is 6.25. The number of hydrogen-bond acceptors (Lipinski definition) is 4. The van der Waals surface area contributed by atoms with Crippen LogP contribution in [0.15, 0.2) is 5.38 Å². The summed E-state index contributed by atoms with van der Waals surface area (Å²) in [4.78, 5) is 18.4. The Morgan fingerprint density at radius 3 is 2.84 bits per heavy atom. The number of aromatic nitrogens is 1. The molecular weight excluding hydrogens is 278 g/mol. The second-order valence-corrected chi connectivity index (χ2v) is 7.03. The van der Waals surface area contributed by atoms with Crippen LogP contribution in [0, 0.1) is 0 Å². The van der Waals surface area contributed by atoms with E-state index in [1.807, 2.05) is 16.7 Å². The number of rotatable bonds is 4. The lowest BCUT2D eigenvalue weighted by Crippen LogP contribution is -2.44. The first-order valence-electron chi connectivity index (χ1n) is 6.71. The maximum absolute atomic E-state index is 11.9. The normalized spacial score (nSPS) is 15.8. The van der Waals surface area contributed by atoms with Gasteiger partial charge < -0.3 is 10.2 Å². The molecule has 0 aromatic carbocycles. The third-order valence-electron chi connectivity index (χ3n) is 3.02. The highest BCUT2D eigenvalue weighted by Gasteiger charge is 2.16. The number of thioether (sulfide) groups is 1. The van der Waals surface area contributed by atoms with E-state index in [0.717, 1.165) is 36.7 Å². The summed E-state index contributed by atoms with van der Waals surface area (Å²) in [6.45, 7) is 6.71. The molecular formula is C13H21N3OS2. The van der Waals surface area contributed by atoms with Gasteiger partial charge in [0.05, 0.1) is 10.7 Å². The quantitative estimate of drug-likeness (QED) is 0.929. The first-order valence-corrected chi connectivity index (χ1v) is 8.75. The summed E-state index contributed by atoms with van der Waals surface area (Å²) in [5.74, 6) is 2.59. The summed E-state index contributed by atoms with van der Waals surface area (Å²) >= 11 is 3.62. The van der Waals surface area contributed by atoms with E-state index in [-0.39, 0.29) is 6.03 Å². The molecule has 1 saturated heterocycles. The van der Waals surface area contributed by atoms with Crippen LogP contribution in [0.1, 0.15) is 30.5 Å². The van der Waals surface area contributed by atoms with Gasteiger partial charge in [0.2, 0.25) is 0 Å². The Morgan fingerprint density at radius 2 is 2.21 bits per heavy atom. The van der Waals surface area contributed by atoms with Crippen molar-refractivity contribution in [3.8, 4) is 0 Å². The number of urea groups is 1. The Morgan fingerprint density at radius 1 is 1.47 bits per heavy atom. The molecule has 4 nitrogen and oxygen atoms in total. The molecule has 6 heteroatoms. The van der Waals surface area contributed by atoms with Crippen LogP contribution >= 0.6 is 23.1 Å². The second-order valence-electron chi connectivity index (χ2n) is 4.91. The molecule has 0 radical (unpaired) electrons. The average Bonchev–Trinajstić information content (AvgIpc) is 2.89. The van der Waals surface area contributed by atoms with Gasteiger partial charge in [0.15, 0.2) is 0 Å². The van der Waals surface area contributed by atoms with Crippen LogP contribution in [0.2, 0.25) is 0 Å². The van der Waals surface area contributed by atoms with Crippen LogP contribution in [-0.2, 0) is 6.42 Å². The Labute approximate surface area is 123 Å². The molecule has 1 fully saturated rings. The molecule has 2 amide bonds. The van der Waals surface area contributed by atoms with Crippen LogP contribution in [0.3, 0.4) is 0 Å². The highest BCUT2D eigenvalue weighted by Crippen LogP contribution is 2.19. The van der Waals surface area contributed by atoms with Crippen LogP contribution < -0.4 is 5.32 Å². The SMILES string of the molecule is CC(C)c1nc(CCNC(=O)N2CCSCC2)cs1. The standard InChI is InChI=1S/C13H21N3OS2/c1-10(2)12-15-11(9-19-12)3-4-14-13(17)16-5-7-18-8-6-16/h9-10H,3-8H2,1-2H3,(H,14,17). The Balaban J connectivity index is 1.71. The summed E-state index contributed by atoms with van der Waals surface area (Å²) < 4.78 is 0. The van der Waals surface area contributed by atoms with Gasteiger partial charge in [-0.05, 0) is 0 Å². The highest BCUT2D eigenvalue weighted by atomic mass is 32.2. The van der Waals surface area contributed by atoms with Crippen LogP contribution in [0.25, 0.3) is 0 Å². The second kappa shape index (κ2) is 7.14. The Hall–Kier alpha value is -0.750. The maximum atomic E-state index is 11.9. The predicted molar refractivity (Wildman–Crippen MR) is 82.2 cm³/mol. The Kier molecular flexibility index (Phi) is 5.51. The topological polar surface area (TPSA) is 45.2 Å². The van der Waals surface area contributed by atoms with Crippen molar-refractivity contribution in [1.29, 1.82) is 0 Å². The van der Waals surface area contributed by atoms with E-state index < -0.39 is 0 Å². The molecule has 2 heterocycles. The zero-order valence-corrected chi connectivity index (χ0v) is 13.1. The molecule has 0 bridgehead atoms. The van der Waals surface area contributed by atoms with E-state index in [2.05, 4.69) is 29.5 Å². The molecule has 106 valence electrons. The minimum atomic E-state index is 0.0691. The molecule has 1 aromatic heterocycles. The number of carbonyl (C=O) groups excluding carboxylic acids is 1. The third-order valence-corrected chi connectivity index (χ3v) is 5.16. The monoisotopic (exact) mass is 299 g/mol. The molecule has 1 aliphatic rings. The molecule has 0 unspecified atom stereocenters. The number of thiazole rings is 1. The van der Waals surface area contributed by atoms with E-state index in [0.29, 0.717) is 12.5 Å². The van der Waals surface area contributed by atoms with Crippen LogP contribution in [-0.4, -0.2) is 47.1 Å². The zero-order chi connectivity index (χ0) is 13.7. The third kappa shape index (κ3) is 4.38. The first kappa shape index (κ1) is 14.7. The molecule has 0 spiro atoms. The fourth-order valence-corrected chi connectivity index (χ4v) is 3.65. The molecule has 1 aliphatic heterocycles. The van der Waals surface area contributed by atoms with Gasteiger partial charge in [-0.2, -0.15) is 11.8 Å². The van der Waals surface area contributed by atoms with Gasteiger partial charge in [-0.25, -0.2) is 9.78 Å². The maximum Gasteiger partial charge on any atom is 0.317 e. The average molecular weight is 299 g/mol. The molecule has 0 aliphatic carbocycles. The molecule has 19 heavy (non-hydrogen) atoms. The van der Waals surface area contributed by atoms with Gasteiger partial charge >= 0.3 is 6.03 Å². The fraction of sp³-hybridized carbons (Fsp3) is 0.692. The van der Waals surface area contributed by atoms with E-state index in [1.165, 1.54) is 5.01 Å². The molecule has 1 N–H and O–H groups in total. The summed E-state index contributed by atoms with van der Waals surface area (Å²) in [6.07, 6.45) is 0.817. The summed E-state index contributed by atoms with van der Waals surface area (Å²) in [7, 11) is 0. The first-order chi connectivity index (χ1) is 9.16. The number of carbonyl (C=O) groups is 1. The lowest BCUT2D eigenvalue weighted by molar-refractivity contribution is 0.203. The summed E-state index contributed by atoms with van der Waals surface area (Å²) in [6, 6.07) is 0.0691. The molecule has 0 atom stereocenters. The van der Waals surface area contributed by atoms with Crippen molar-refractivity contribution in [1.82, 2.24) is 15.2 Å². The van der Waals surface area contributed by atoms with E-state index in [4.69, 9.17) is 0 Å². The zero-order valence-electron chi connectivity index (χ0n) is 11.5. The van der Waals surface area contributed by atoms with Gasteiger partial charge in [0.25, 0.3) is 0 Å². The lowest BCUT2D eigenvalue weighted by Gasteiger charge is -2.26. The molecule has 0 saturated carbocycles. The van der Waals surface area contributed by atoms with E-state index in [1.54, 1.807) is 11.3 Å². The smallest absolute Gasteiger partial charge is 0.317 e. The van der Waals surface area contributed by atoms with Gasteiger partial charge in [-0.15, -0.1) is 11.3 Å². The van der Waals surface area contributed by atoms with Crippen LogP contribution in [0.5, 0.6) is 0 Å². The van der Waals surface area contributed by atoms with Gasteiger partial charge in [-0.1, -0.05) is 13.8 Å². The lowest BCUT2D eigenvalue weighted by atomic mass is 10.2. The van der Waals surface area contributed by atoms with E-state index in [9.17, 15) is 4.79 Å². The van der Waals surface area contributed by atoms with Crippen molar-refractivity contribution in [2.45, 2.75) is 26.2 Å². The van der Waals surface area contributed by atoms with E-state index >= 15 is 0 Å². The highest BCUT2D eigenvalue weighted by molar-refractivity contribution is 7.99. The van der Waals surface area contributed by atoms with Crippen molar-refractivity contribution >= 4 is 29.1 Å². The number of amides is 2. The fourth-order valence-electron chi connectivity index (χ4n) is 1.88. The number of nitrogens with zero attached hydrogens (tertiary/aromatic N) is 2. The van der Waals surface area contributed by atoms with Crippen molar-refractivity contribution in [3.63, 3.8) is 0 Å². The Bertz CT molecular complexity index is 414. The van der Waals surface area contributed by atoms with Gasteiger partial charge in [0, 0.05) is 48.9 Å². The molecule has 1 aromatic rings. The predicted octanol–water partition coefficient (Wildman–Crippen LogP) is 2.57. The number of hydrogen-bond donors (Lipinski definition) is 1. The van der Waals surface area contributed by atoms with Crippen molar-refractivity contribution in [2.24, 2.45) is 0 Å². The van der Waals surface area contributed by atoms with Gasteiger partial charge in [0.1, 0.15) is 0 Å². The van der Waals surface area contributed by atoms with Crippen molar-refractivity contribution in [2.75, 3.05) is 31.1 Å². The van der Waals surface area contributed by atoms with Crippen molar-refractivity contribution < 1.29 is 4.79 Å². The van der Waals surface area contributed by atoms with Crippen molar-refractivity contribution in [3.05, 3.63) is 16.1 Å². The minimum absolute atomic E-state index is 0.0691.